The number of nitrogens with one attached hydrogen (secondary N) is 2. The maximum Gasteiger partial charge on any atom is 0.242 e. The largest absolute Gasteiger partial charge is 0.383 e. The first-order valence-corrected chi connectivity index (χ1v) is 6.00. The highest BCUT2D eigenvalue weighted by molar-refractivity contribution is 7.89. The summed E-state index contributed by atoms with van der Waals surface area (Å²) in [5, 5.41) is 0. The number of hydrogen-bond acceptors (Lipinski definition) is 6. The van der Waals surface area contributed by atoms with Crippen LogP contribution in [0, 0.1) is 0 Å². The van der Waals surface area contributed by atoms with E-state index in [0.29, 0.717) is 12.4 Å². The lowest BCUT2D eigenvalue weighted by molar-refractivity contribution is 0.204. The zero-order valence-corrected chi connectivity index (χ0v) is 9.62. The Morgan fingerprint density at radius 2 is 2.25 bits per heavy atom. The van der Waals surface area contributed by atoms with Gasteiger partial charge in [-0.05, 0) is 12.1 Å². The summed E-state index contributed by atoms with van der Waals surface area (Å²) >= 11 is 0. The fourth-order valence-electron chi connectivity index (χ4n) is 0.986. The zero-order chi connectivity index (χ0) is 12.0. The second kappa shape index (κ2) is 5.75. The molecule has 1 heterocycles. The van der Waals surface area contributed by atoms with Crippen molar-refractivity contribution in [3.8, 4) is 0 Å². The highest BCUT2D eigenvalue weighted by Gasteiger charge is 2.13. The summed E-state index contributed by atoms with van der Waals surface area (Å²) in [6, 6.07) is 2.89. The number of nitrogens with two attached hydrogens (primary N) is 1. The van der Waals surface area contributed by atoms with Crippen molar-refractivity contribution < 1.29 is 13.2 Å². The maximum absolute atomic E-state index is 11.6. The van der Waals surface area contributed by atoms with Gasteiger partial charge in [-0.1, -0.05) is 0 Å². The highest BCUT2D eigenvalue weighted by atomic mass is 32.2. The van der Waals surface area contributed by atoms with E-state index < -0.39 is 10.0 Å². The lowest BCUT2D eigenvalue weighted by Gasteiger charge is -2.06. The van der Waals surface area contributed by atoms with Crippen molar-refractivity contribution in [1.82, 2.24) is 9.71 Å². The van der Waals surface area contributed by atoms with E-state index >= 15 is 0 Å². The minimum absolute atomic E-state index is 0.0857. The Kier molecular flexibility index (Phi) is 4.62. The van der Waals surface area contributed by atoms with Crippen molar-refractivity contribution in [3.63, 3.8) is 0 Å². The van der Waals surface area contributed by atoms with E-state index in [-0.39, 0.29) is 11.4 Å². The third-order valence-electron chi connectivity index (χ3n) is 1.79. The Balaban J connectivity index is 2.74. The van der Waals surface area contributed by atoms with Gasteiger partial charge in [-0.3, -0.25) is 0 Å². The van der Waals surface area contributed by atoms with Crippen molar-refractivity contribution in [2.75, 3.05) is 25.7 Å². The van der Waals surface area contributed by atoms with Gasteiger partial charge in [0.15, 0.2) is 0 Å². The van der Waals surface area contributed by atoms with Crippen LogP contribution in [0.2, 0.25) is 0 Å². The van der Waals surface area contributed by atoms with E-state index in [1.807, 2.05) is 0 Å². The zero-order valence-electron chi connectivity index (χ0n) is 8.80. The molecule has 16 heavy (non-hydrogen) atoms. The van der Waals surface area contributed by atoms with Crippen molar-refractivity contribution in [1.29, 1.82) is 0 Å². The average Bonchev–Trinajstić information content (AvgIpc) is 2.29. The predicted octanol–water partition coefficient (Wildman–Crippen LogP) is -0.708. The Bertz CT molecular complexity index is 417. The van der Waals surface area contributed by atoms with Gasteiger partial charge in [0.05, 0.1) is 6.61 Å². The highest BCUT2D eigenvalue weighted by Crippen LogP contribution is 2.09. The molecule has 0 atom stereocenters. The van der Waals surface area contributed by atoms with Crippen LogP contribution >= 0.6 is 0 Å². The van der Waals surface area contributed by atoms with E-state index in [1.54, 1.807) is 0 Å². The second-order valence-electron chi connectivity index (χ2n) is 2.91. The van der Waals surface area contributed by atoms with Crippen LogP contribution < -0.4 is 16.0 Å². The number of hydrogen-bond donors (Lipinski definition) is 3. The first-order valence-electron chi connectivity index (χ1n) is 4.51. The van der Waals surface area contributed by atoms with Crippen molar-refractivity contribution in [3.05, 3.63) is 18.3 Å². The van der Waals surface area contributed by atoms with Crippen LogP contribution in [0.5, 0.6) is 0 Å². The van der Waals surface area contributed by atoms with Gasteiger partial charge < -0.3 is 10.2 Å². The summed E-state index contributed by atoms with van der Waals surface area (Å²) in [5.41, 5.74) is 2.31. The third kappa shape index (κ3) is 3.42. The molecule has 0 saturated carbocycles. The summed E-state index contributed by atoms with van der Waals surface area (Å²) in [7, 11) is -2.02. The summed E-state index contributed by atoms with van der Waals surface area (Å²) in [6.07, 6.45) is 1.23. The first kappa shape index (κ1) is 12.8. The molecule has 8 heteroatoms. The number of sulfonamides is 1. The van der Waals surface area contributed by atoms with Crippen LogP contribution in [0.15, 0.2) is 23.2 Å². The maximum atomic E-state index is 11.6. The molecule has 0 bridgehead atoms. The number of rotatable bonds is 6. The number of anilines is 1. The molecule has 0 amide bonds. The third-order valence-corrected chi connectivity index (χ3v) is 3.24. The number of nitrogen functional groups attached to an aromatic ring is 1. The number of aromatic nitrogens is 1. The molecular weight excluding hydrogens is 232 g/mol. The van der Waals surface area contributed by atoms with E-state index in [0.717, 1.165) is 0 Å². The number of methoxy groups -OCH3 is 1. The number of nitrogens with zero attached hydrogens (tertiary/aromatic N) is 1. The lowest BCUT2D eigenvalue weighted by atomic mass is 10.5. The van der Waals surface area contributed by atoms with Gasteiger partial charge in [-0.15, -0.1) is 0 Å². The molecule has 0 radical (unpaired) electrons. The SMILES string of the molecule is COCCNS(=O)(=O)c1ccc(NN)nc1. The summed E-state index contributed by atoms with van der Waals surface area (Å²) in [5.74, 6) is 5.51. The summed E-state index contributed by atoms with van der Waals surface area (Å²) in [6.45, 7) is 0.533. The molecule has 0 spiro atoms. The van der Waals surface area contributed by atoms with E-state index in [9.17, 15) is 8.42 Å². The van der Waals surface area contributed by atoms with Crippen molar-refractivity contribution in [2.24, 2.45) is 5.84 Å². The molecule has 0 aliphatic rings. The molecule has 0 aliphatic heterocycles. The number of ether oxygens (including phenoxy) is 1. The number of hydrazine groups is 1. The minimum atomic E-state index is -3.52. The van der Waals surface area contributed by atoms with Crippen molar-refractivity contribution >= 4 is 15.8 Å². The Hall–Kier alpha value is -1.22. The van der Waals surface area contributed by atoms with Crippen LogP contribution in [0.3, 0.4) is 0 Å². The van der Waals surface area contributed by atoms with Crippen molar-refractivity contribution in [2.45, 2.75) is 4.90 Å². The van der Waals surface area contributed by atoms with Gasteiger partial charge in [0.2, 0.25) is 10.0 Å². The molecule has 1 aromatic heterocycles. The first-order chi connectivity index (χ1) is 7.60. The van der Waals surface area contributed by atoms with Gasteiger partial charge in [0.25, 0.3) is 0 Å². The van der Waals surface area contributed by atoms with Gasteiger partial charge in [0, 0.05) is 19.9 Å². The molecule has 1 rings (SSSR count). The average molecular weight is 246 g/mol. The summed E-state index contributed by atoms with van der Waals surface area (Å²) < 4.78 is 30.4. The second-order valence-corrected chi connectivity index (χ2v) is 4.68. The van der Waals surface area contributed by atoms with Crippen LogP contribution in [0.1, 0.15) is 0 Å². The van der Waals surface area contributed by atoms with Gasteiger partial charge >= 0.3 is 0 Å². The van der Waals surface area contributed by atoms with Crippen LogP contribution in [0.25, 0.3) is 0 Å². The number of pyridine rings is 1. The Morgan fingerprint density at radius 1 is 1.50 bits per heavy atom. The van der Waals surface area contributed by atoms with E-state index in [4.69, 9.17) is 10.6 Å². The normalized spacial score (nSPS) is 11.4. The molecule has 0 unspecified atom stereocenters. The molecule has 90 valence electrons. The quantitative estimate of drug-likeness (QED) is 0.348. The minimum Gasteiger partial charge on any atom is -0.383 e. The van der Waals surface area contributed by atoms with Crippen LogP contribution in [-0.4, -0.2) is 33.7 Å². The lowest BCUT2D eigenvalue weighted by Crippen LogP contribution is -2.27. The molecule has 0 fully saturated rings. The van der Waals surface area contributed by atoms with Gasteiger partial charge in [0.1, 0.15) is 10.7 Å². The van der Waals surface area contributed by atoms with E-state index in [1.165, 1.54) is 25.4 Å². The van der Waals surface area contributed by atoms with Gasteiger partial charge in [-0.25, -0.2) is 24.0 Å². The van der Waals surface area contributed by atoms with Crippen LogP contribution in [0.4, 0.5) is 5.82 Å². The van der Waals surface area contributed by atoms with Crippen LogP contribution in [-0.2, 0) is 14.8 Å². The topological polar surface area (TPSA) is 106 Å². The smallest absolute Gasteiger partial charge is 0.242 e. The summed E-state index contributed by atoms with van der Waals surface area (Å²) in [4.78, 5) is 3.89. The molecule has 1 aromatic rings. The fourth-order valence-corrected chi connectivity index (χ4v) is 1.94. The molecule has 4 N–H and O–H groups in total. The Labute approximate surface area is 94.0 Å². The molecule has 0 aliphatic carbocycles. The molecule has 0 aromatic carbocycles. The standard InChI is InChI=1S/C8H14N4O3S/c1-15-5-4-11-16(13,14)7-2-3-8(12-9)10-6-7/h2-3,6,11H,4-5,9H2,1H3,(H,10,12). The monoisotopic (exact) mass is 246 g/mol. The molecule has 0 saturated heterocycles. The molecular formula is C8H14N4O3S. The van der Waals surface area contributed by atoms with Gasteiger partial charge in [-0.2, -0.15) is 0 Å². The molecule has 7 nitrogen and oxygen atoms in total. The predicted molar refractivity (Wildman–Crippen MR) is 59.1 cm³/mol. The Morgan fingerprint density at radius 3 is 2.75 bits per heavy atom. The fraction of sp³-hybridized carbons (Fsp3) is 0.375. The van der Waals surface area contributed by atoms with E-state index in [2.05, 4.69) is 15.1 Å².